The molecule has 0 radical (unpaired) electrons. The second kappa shape index (κ2) is 12.6. The number of rotatable bonds is 8. The molecule has 4 heterocycles. The quantitative estimate of drug-likeness (QED) is 0.359. The van der Waals surface area contributed by atoms with Gasteiger partial charge in [-0.2, -0.15) is 0 Å². The molecule has 4 fully saturated rings. The number of likely N-dealkylation sites (N-methyl/N-ethyl adjacent to an activating group) is 1. The summed E-state index contributed by atoms with van der Waals surface area (Å²) in [6.45, 7) is 8.86. The Morgan fingerprint density at radius 1 is 1.14 bits per heavy atom. The number of allylic oxidation sites excluding steroid dienone is 1. The number of aromatic nitrogens is 1. The van der Waals surface area contributed by atoms with Crippen molar-refractivity contribution in [3.05, 3.63) is 46.9 Å². The minimum absolute atomic E-state index is 0.0748. The van der Waals surface area contributed by atoms with Crippen molar-refractivity contribution in [1.82, 2.24) is 20.1 Å². The van der Waals surface area contributed by atoms with Gasteiger partial charge in [0, 0.05) is 60.7 Å². The molecule has 4 unspecified atom stereocenters. The Labute approximate surface area is 258 Å². The Bertz CT molecular complexity index is 1360. The number of Topliss-reactive ketones (excluding diaryl/α,β-unsaturated/α-hetero) is 1. The summed E-state index contributed by atoms with van der Waals surface area (Å²) in [7, 11) is 2.14. The summed E-state index contributed by atoms with van der Waals surface area (Å²) in [6.07, 6.45) is 7.27. The average molecular weight is 606 g/mol. The topological polar surface area (TPSA) is 95.1 Å². The lowest BCUT2D eigenvalue weighted by Gasteiger charge is -2.49. The number of thiazole rings is 1. The fourth-order valence-electron chi connectivity index (χ4n) is 7.52. The molecule has 2 aromatic rings. The third-order valence-corrected chi connectivity index (χ3v) is 11.1. The smallest absolute Gasteiger partial charge is 0.251 e. The molecule has 3 saturated heterocycles. The van der Waals surface area contributed by atoms with Gasteiger partial charge < -0.3 is 24.6 Å². The molecule has 9 nitrogen and oxygen atoms in total. The third kappa shape index (κ3) is 5.70. The first kappa shape index (κ1) is 30.1. The van der Waals surface area contributed by atoms with E-state index in [0.717, 1.165) is 81.0 Å². The van der Waals surface area contributed by atoms with Crippen molar-refractivity contribution in [2.45, 2.75) is 69.7 Å². The van der Waals surface area contributed by atoms with Gasteiger partial charge in [-0.1, -0.05) is 43.0 Å². The number of nitrogens with one attached hydrogen (secondary N) is 1. The fraction of sp³-hybridized carbons (Fsp3) is 0.576. The standard InChI is InChI=1S/C33H43N5O4S/c1-4-22(2)25-18-38(29-27(40)20-42-30(25)29)33(12-6-5-7-13-33)28(19-39)35-31(41)24-10-8-23(9-11-24)26-21-43-32(34-26)37-16-14-36(3)15-17-37/h4,8-11,19,21,25,28-30H,5-7,12-18,20H2,1-3H3,(H,35,41)/b22-4+. The molecule has 10 heteroatoms. The van der Waals surface area contributed by atoms with Crippen LogP contribution in [-0.4, -0.2) is 103 Å². The van der Waals surface area contributed by atoms with Gasteiger partial charge in [-0.05, 0) is 45.9 Å². The Kier molecular flexibility index (Phi) is 8.82. The summed E-state index contributed by atoms with van der Waals surface area (Å²) in [5.74, 6) is -0.111. The van der Waals surface area contributed by atoms with Crippen LogP contribution in [0.1, 0.15) is 56.3 Å². The minimum Gasteiger partial charge on any atom is -0.368 e. The van der Waals surface area contributed by atoms with Crippen LogP contribution in [0.5, 0.6) is 0 Å². The number of piperazine rings is 1. The van der Waals surface area contributed by atoms with Gasteiger partial charge in [0.15, 0.2) is 10.9 Å². The zero-order valence-corrected chi connectivity index (χ0v) is 26.3. The lowest BCUT2D eigenvalue weighted by Crippen LogP contribution is -2.66. The molecule has 4 atom stereocenters. The first-order valence-corrected chi connectivity index (χ1v) is 16.5. The molecule has 1 aromatic heterocycles. The number of carbonyl (C=O) groups is 3. The molecule has 3 aliphatic heterocycles. The van der Waals surface area contributed by atoms with Crippen LogP contribution in [-0.2, 0) is 14.3 Å². The second-order valence-electron chi connectivity index (χ2n) is 12.6. The summed E-state index contributed by atoms with van der Waals surface area (Å²) < 4.78 is 6.03. The molecule has 1 amide bonds. The molecule has 0 spiro atoms. The van der Waals surface area contributed by atoms with E-state index in [1.165, 1.54) is 5.57 Å². The van der Waals surface area contributed by atoms with Crippen LogP contribution in [0.4, 0.5) is 5.13 Å². The van der Waals surface area contributed by atoms with E-state index in [1.807, 2.05) is 19.1 Å². The van der Waals surface area contributed by atoms with E-state index in [1.54, 1.807) is 23.5 Å². The number of carbonyl (C=O) groups excluding carboxylic acids is 3. The van der Waals surface area contributed by atoms with E-state index < -0.39 is 11.6 Å². The summed E-state index contributed by atoms with van der Waals surface area (Å²) in [5, 5.41) is 6.19. The number of amides is 1. The number of ketones is 1. The highest BCUT2D eigenvalue weighted by Gasteiger charge is 2.59. The molecule has 230 valence electrons. The molecule has 4 aliphatic rings. The zero-order valence-electron chi connectivity index (χ0n) is 25.5. The Morgan fingerprint density at radius 3 is 2.53 bits per heavy atom. The highest BCUT2D eigenvalue weighted by Crippen LogP contribution is 2.46. The van der Waals surface area contributed by atoms with E-state index in [4.69, 9.17) is 9.72 Å². The fourth-order valence-corrected chi connectivity index (χ4v) is 8.41. The third-order valence-electron chi connectivity index (χ3n) is 10.2. The Hall–Kier alpha value is -2.92. The lowest BCUT2D eigenvalue weighted by atomic mass is 9.74. The van der Waals surface area contributed by atoms with Gasteiger partial charge in [0.25, 0.3) is 5.91 Å². The molecule has 1 aliphatic carbocycles. The van der Waals surface area contributed by atoms with Crippen molar-refractivity contribution < 1.29 is 19.1 Å². The Balaban J connectivity index is 1.20. The molecule has 1 aromatic carbocycles. The van der Waals surface area contributed by atoms with Crippen molar-refractivity contribution in [3.63, 3.8) is 0 Å². The van der Waals surface area contributed by atoms with Gasteiger partial charge >= 0.3 is 0 Å². The van der Waals surface area contributed by atoms with E-state index in [9.17, 15) is 14.4 Å². The predicted molar refractivity (Wildman–Crippen MR) is 169 cm³/mol. The molecular formula is C33H43N5O4S. The predicted octanol–water partition coefficient (Wildman–Crippen LogP) is 3.80. The second-order valence-corrected chi connectivity index (χ2v) is 13.4. The zero-order chi connectivity index (χ0) is 30.1. The Morgan fingerprint density at radius 2 is 1.86 bits per heavy atom. The van der Waals surface area contributed by atoms with Gasteiger partial charge in [0.2, 0.25) is 0 Å². The summed E-state index contributed by atoms with van der Waals surface area (Å²) >= 11 is 1.65. The lowest BCUT2D eigenvalue weighted by molar-refractivity contribution is -0.126. The maximum absolute atomic E-state index is 13.6. The molecule has 43 heavy (non-hydrogen) atoms. The van der Waals surface area contributed by atoms with Gasteiger partial charge in [-0.25, -0.2) is 4.98 Å². The number of anilines is 1. The highest BCUT2D eigenvalue weighted by molar-refractivity contribution is 7.14. The van der Waals surface area contributed by atoms with Crippen LogP contribution in [0.2, 0.25) is 0 Å². The van der Waals surface area contributed by atoms with Crippen LogP contribution in [0.15, 0.2) is 41.3 Å². The molecular weight excluding hydrogens is 562 g/mol. The molecule has 1 saturated carbocycles. The maximum Gasteiger partial charge on any atom is 0.251 e. The van der Waals surface area contributed by atoms with E-state index in [2.05, 4.69) is 45.4 Å². The van der Waals surface area contributed by atoms with Gasteiger partial charge in [-0.15, -0.1) is 11.3 Å². The van der Waals surface area contributed by atoms with Crippen LogP contribution >= 0.6 is 11.3 Å². The largest absolute Gasteiger partial charge is 0.368 e. The van der Waals surface area contributed by atoms with Gasteiger partial charge in [-0.3, -0.25) is 14.5 Å². The number of fused-ring (bicyclic) bond motifs is 1. The number of benzene rings is 1. The van der Waals surface area contributed by atoms with Crippen molar-refractivity contribution in [2.75, 3.05) is 51.3 Å². The van der Waals surface area contributed by atoms with E-state index >= 15 is 0 Å². The van der Waals surface area contributed by atoms with Gasteiger partial charge in [0.1, 0.15) is 18.9 Å². The number of hydrogen-bond donors (Lipinski definition) is 1. The first-order valence-electron chi connectivity index (χ1n) is 15.6. The molecule has 1 N–H and O–H groups in total. The van der Waals surface area contributed by atoms with E-state index in [0.29, 0.717) is 12.1 Å². The maximum atomic E-state index is 13.6. The number of hydrogen-bond acceptors (Lipinski definition) is 9. The summed E-state index contributed by atoms with van der Waals surface area (Å²) in [6, 6.07) is 6.34. The van der Waals surface area contributed by atoms with E-state index in [-0.39, 0.29) is 36.4 Å². The normalized spacial score (nSPS) is 27.2. The van der Waals surface area contributed by atoms with Crippen molar-refractivity contribution in [3.8, 4) is 11.3 Å². The highest BCUT2D eigenvalue weighted by atomic mass is 32.1. The summed E-state index contributed by atoms with van der Waals surface area (Å²) in [4.78, 5) is 51.3. The van der Waals surface area contributed by atoms with Crippen LogP contribution in [0.3, 0.4) is 0 Å². The van der Waals surface area contributed by atoms with Gasteiger partial charge in [0.05, 0.1) is 17.8 Å². The summed E-state index contributed by atoms with van der Waals surface area (Å²) in [5.41, 5.74) is 2.93. The first-order chi connectivity index (χ1) is 20.8. The number of aldehydes is 1. The van der Waals surface area contributed by atoms with Crippen LogP contribution in [0.25, 0.3) is 11.3 Å². The molecule has 6 rings (SSSR count). The monoisotopic (exact) mass is 605 g/mol. The minimum atomic E-state index is -0.733. The SMILES string of the molecule is C/C=C(\C)C1CN(C2(C(C=O)NC(=O)c3ccc(-c4csc(N5CCN(C)CC5)n4)cc3)CCCCC2)C2C(=O)COC12. The average Bonchev–Trinajstić information content (AvgIpc) is 3.78. The molecule has 0 bridgehead atoms. The van der Waals surface area contributed by atoms with Crippen LogP contribution in [0, 0.1) is 5.92 Å². The van der Waals surface area contributed by atoms with Crippen LogP contribution < -0.4 is 10.2 Å². The van der Waals surface area contributed by atoms with Crippen molar-refractivity contribution in [1.29, 1.82) is 0 Å². The van der Waals surface area contributed by atoms with Crippen molar-refractivity contribution in [2.24, 2.45) is 5.92 Å². The van der Waals surface area contributed by atoms with Crippen molar-refractivity contribution >= 4 is 34.4 Å². The number of likely N-dealkylation sites (tertiary alicyclic amines) is 1. The number of nitrogens with zero attached hydrogens (tertiary/aromatic N) is 4. The number of ether oxygens (including phenoxy) is 1.